The number of pyridine rings is 1. The fourth-order valence-electron chi connectivity index (χ4n) is 3.82. The standard InChI is InChI=1S/C22H18N2S/c1-13-11-12-19(25-13)22-20-14(2)15-7-3-5-9-17(15)23-21(20)16-8-4-6-10-18(16)24-22/h3-12,22,24H,1-2H3. The van der Waals surface area contributed by atoms with Crippen LogP contribution in [0.1, 0.15) is 26.9 Å². The molecule has 0 amide bonds. The molecule has 0 saturated carbocycles. The molecule has 4 aromatic rings. The van der Waals surface area contributed by atoms with E-state index in [0.29, 0.717) is 0 Å². The van der Waals surface area contributed by atoms with E-state index in [2.05, 4.69) is 79.8 Å². The lowest BCUT2D eigenvalue weighted by Crippen LogP contribution is -2.19. The second-order valence-corrected chi connectivity index (χ2v) is 7.91. The maximum absolute atomic E-state index is 5.07. The molecule has 0 fully saturated rings. The van der Waals surface area contributed by atoms with Crippen LogP contribution in [-0.2, 0) is 0 Å². The predicted molar refractivity (Wildman–Crippen MR) is 106 cm³/mol. The van der Waals surface area contributed by atoms with Gasteiger partial charge in [-0.25, -0.2) is 4.98 Å². The lowest BCUT2D eigenvalue weighted by molar-refractivity contribution is 0.932. The number of rotatable bonds is 1. The number of nitrogens with zero attached hydrogens (tertiary/aromatic N) is 1. The van der Waals surface area contributed by atoms with Crippen LogP contribution in [0.15, 0.2) is 60.7 Å². The topological polar surface area (TPSA) is 24.9 Å². The zero-order chi connectivity index (χ0) is 17.0. The summed E-state index contributed by atoms with van der Waals surface area (Å²) in [6.07, 6.45) is 0. The highest BCUT2D eigenvalue weighted by Gasteiger charge is 2.29. The van der Waals surface area contributed by atoms with E-state index in [4.69, 9.17) is 4.98 Å². The third kappa shape index (κ3) is 2.19. The lowest BCUT2D eigenvalue weighted by atomic mass is 9.88. The summed E-state index contributed by atoms with van der Waals surface area (Å²) in [4.78, 5) is 7.74. The first-order valence-corrected chi connectivity index (χ1v) is 9.35. The Labute approximate surface area is 151 Å². The molecule has 1 aliphatic heterocycles. The molecule has 0 radical (unpaired) electrons. The van der Waals surface area contributed by atoms with E-state index < -0.39 is 0 Å². The third-order valence-corrected chi connectivity index (χ3v) is 6.08. The number of hydrogen-bond acceptors (Lipinski definition) is 3. The Morgan fingerprint density at radius 2 is 1.72 bits per heavy atom. The molecule has 3 heteroatoms. The van der Waals surface area contributed by atoms with Crippen molar-refractivity contribution in [3.05, 3.63) is 81.5 Å². The van der Waals surface area contributed by atoms with Gasteiger partial charge in [-0.05, 0) is 43.7 Å². The number of aryl methyl sites for hydroxylation is 2. The zero-order valence-electron chi connectivity index (χ0n) is 14.2. The number of anilines is 1. The van der Waals surface area contributed by atoms with E-state index in [9.17, 15) is 0 Å². The van der Waals surface area contributed by atoms with Crippen LogP contribution in [0.5, 0.6) is 0 Å². The summed E-state index contributed by atoms with van der Waals surface area (Å²) in [6.45, 7) is 4.39. The molecule has 2 aromatic heterocycles. The monoisotopic (exact) mass is 342 g/mol. The van der Waals surface area contributed by atoms with Crippen molar-refractivity contribution >= 4 is 27.9 Å². The molecule has 122 valence electrons. The second-order valence-electron chi connectivity index (χ2n) is 6.59. The fourth-order valence-corrected chi connectivity index (χ4v) is 4.75. The number of hydrogen-bond donors (Lipinski definition) is 1. The molecule has 0 saturated heterocycles. The van der Waals surface area contributed by atoms with Gasteiger partial charge in [0.2, 0.25) is 0 Å². The third-order valence-electron chi connectivity index (χ3n) is 5.02. The Kier molecular flexibility index (Phi) is 3.19. The van der Waals surface area contributed by atoms with Gasteiger partial charge in [-0.15, -0.1) is 11.3 Å². The number of para-hydroxylation sites is 2. The first kappa shape index (κ1) is 14.7. The highest BCUT2D eigenvalue weighted by atomic mass is 32.1. The van der Waals surface area contributed by atoms with E-state index in [1.807, 2.05) is 11.3 Å². The molecule has 1 N–H and O–H groups in total. The Balaban J connectivity index is 1.87. The van der Waals surface area contributed by atoms with E-state index in [0.717, 1.165) is 16.9 Å². The van der Waals surface area contributed by atoms with Gasteiger partial charge in [0.15, 0.2) is 0 Å². The van der Waals surface area contributed by atoms with Crippen molar-refractivity contribution in [1.29, 1.82) is 0 Å². The van der Waals surface area contributed by atoms with Gasteiger partial charge in [0.25, 0.3) is 0 Å². The van der Waals surface area contributed by atoms with Gasteiger partial charge in [-0.1, -0.05) is 36.4 Å². The number of thiophene rings is 1. The number of fused-ring (bicyclic) bond motifs is 4. The average Bonchev–Trinajstić information content (AvgIpc) is 3.07. The minimum absolute atomic E-state index is 0.153. The second kappa shape index (κ2) is 5.43. The molecule has 3 heterocycles. The fraction of sp³-hybridized carbons (Fsp3) is 0.136. The van der Waals surface area contributed by atoms with Crippen molar-refractivity contribution in [2.45, 2.75) is 19.9 Å². The van der Waals surface area contributed by atoms with Gasteiger partial charge in [0.05, 0.1) is 17.3 Å². The Morgan fingerprint density at radius 3 is 2.56 bits per heavy atom. The summed E-state index contributed by atoms with van der Waals surface area (Å²) in [7, 11) is 0. The first-order valence-electron chi connectivity index (χ1n) is 8.54. The highest BCUT2D eigenvalue weighted by molar-refractivity contribution is 7.12. The molecule has 0 spiro atoms. The van der Waals surface area contributed by atoms with Crippen molar-refractivity contribution in [2.75, 3.05) is 5.32 Å². The Bertz CT molecular complexity index is 1110. The van der Waals surface area contributed by atoms with Crippen LogP contribution in [-0.4, -0.2) is 4.98 Å². The summed E-state index contributed by atoms with van der Waals surface area (Å²) in [6, 6.07) is 21.5. The molecule has 2 nitrogen and oxygen atoms in total. The molecular weight excluding hydrogens is 324 g/mol. The predicted octanol–water partition coefficient (Wildman–Crippen LogP) is 6.10. The smallest absolute Gasteiger partial charge is 0.0884 e. The van der Waals surface area contributed by atoms with Crippen LogP contribution in [0.25, 0.3) is 22.2 Å². The summed E-state index contributed by atoms with van der Waals surface area (Å²) >= 11 is 1.86. The molecule has 1 unspecified atom stereocenters. The van der Waals surface area contributed by atoms with Crippen LogP contribution in [0.3, 0.4) is 0 Å². The number of nitrogens with one attached hydrogen (secondary N) is 1. The van der Waals surface area contributed by atoms with E-state index in [-0.39, 0.29) is 6.04 Å². The lowest BCUT2D eigenvalue weighted by Gasteiger charge is -2.30. The number of aromatic nitrogens is 1. The van der Waals surface area contributed by atoms with E-state index in [1.165, 1.54) is 31.8 Å². The summed E-state index contributed by atoms with van der Waals surface area (Å²) < 4.78 is 0. The maximum Gasteiger partial charge on any atom is 0.0884 e. The van der Waals surface area contributed by atoms with E-state index in [1.54, 1.807) is 0 Å². The van der Waals surface area contributed by atoms with Crippen molar-refractivity contribution in [2.24, 2.45) is 0 Å². The van der Waals surface area contributed by atoms with Crippen molar-refractivity contribution < 1.29 is 0 Å². The van der Waals surface area contributed by atoms with Crippen LogP contribution in [0.4, 0.5) is 5.69 Å². The summed E-state index contributed by atoms with van der Waals surface area (Å²) in [5, 5.41) is 5.00. The Hall–Kier alpha value is -2.65. The summed E-state index contributed by atoms with van der Waals surface area (Å²) in [5.41, 5.74) is 7.15. The van der Waals surface area contributed by atoms with Crippen molar-refractivity contribution in [3.8, 4) is 11.3 Å². The minimum atomic E-state index is 0.153. The van der Waals surface area contributed by atoms with Crippen LogP contribution < -0.4 is 5.32 Å². The van der Waals surface area contributed by atoms with Crippen molar-refractivity contribution in [3.63, 3.8) is 0 Å². The summed E-state index contributed by atoms with van der Waals surface area (Å²) in [5.74, 6) is 0. The van der Waals surface area contributed by atoms with Crippen LogP contribution >= 0.6 is 11.3 Å². The first-order chi connectivity index (χ1) is 12.2. The van der Waals surface area contributed by atoms with Gasteiger partial charge < -0.3 is 5.32 Å². The van der Waals surface area contributed by atoms with Gasteiger partial charge in [0.1, 0.15) is 0 Å². The van der Waals surface area contributed by atoms with E-state index >= 15 is 0 Å². The SMILES string of the molecule is Cc1ccc(C2Nc3ccccc3-c3nc4ccccc4c(C)c32)s1. The number of benzene rings is 2. The van der Waals surface area contributed by atoms with Gasteiger partial charge in [-0.2, -0.15) is 0 Å². The Morgan fingerprint density at radius 1 is 0.920 bits per heavy atom. The molecular formula is C22H18N2S. The quantitative estimate of drug-likeness (QED) is 0.452. The molecule has 2 aromatic carbocycles. The van der Waals surface area contributed by atoms with Gasteiger partial charge in [0, 0.05) is 32.0 Å². The minimum Gasteiger partial charge on any atom is -0.373 e. The molecule has 0 aliphatic carbocycles. The molecule has 1 aliphatic rings. The average molecular weight is 342 g/mol. The van der Waals surface area contributed by atoms with Gasteiger partial charge >= 0.3 is 0 Å². The normalized spacial score (nSPS) is 15.5. The molecule has 5 rings (SSSR count). The maximum atomic E-state index is 5.07. The molecule has 25 heavy (non-hydrogen) atoms. The largest absolute Gasteiger partial charge is 0.373 e. The molecule has 1 atom stereocenters. The van der Waals surface area contributed by atoms with Gasteiger partial charge in [-0.3, -0.25) is 0 Å². The van der Waals surface area contributed by atoms with Crippen molar-refractivity contribution in [1.82, 2.24) is 4.98 Å². The van der Waals surface area contributed by atoms with Crippen LogP contribution in [0.2, 0.25) is 0 Å². The highest BCUT2D eigenvalue weighted by Crippen LogP contribution is 2.46. The molecule has 0 bridgehead atoms. The van der Waals surface area contributed by atoms with Crippen LogP contribution in [0, 0.1) is 13.8 Å². The zero-order valence-corrected chi connectivity index (χ0v) is 15.0.